The summed E-state index contributed by atoms with van der Waals surface area (Å²) in [5.74, 6) is 0. The summed E-state index contributed by atoms with van der Waals surface area (Å²) in [6, 6.07) is 1.42. The number of hydrogen-bond donors (Lipinski definition) is 2. The highest BCUT2D eigenvalue weighted by Gasteiger charge is 2.22. The molecule has 0 saturated carbocycles. The molecule has 0 saturated heterocycles. The average Bonchev–Trinajstić information content (AvgIpc) is 2.62. The Morgan fingerprint density at radius 3 is 2.71 bits per heavy atom. The van der Waals surface area contributed by atoms with Gasteiger partial charge in [0.1, 0.15) is 4.21 Å². The SMILES string of the molecule is CC(CCO)Sc1sc(C(C)O)cc1[N+](=O)[O-]. The molecule has 2 unspecified atom stereocenters. The van der Waals surface area contributed by atoms with Crippen LogP contribution >= 0.6 is 23.1 Å². The van der Waals surface area contributed by atoms with Gasteiger partial charge in [0.2, 0.25) is 0 Å². The van der Waals surface area contributed by atoms with E-state index in [0.717, 1.165) is 0 Å². The lowest BCUT2D eigenvalue weighted by atomic mass is 10.3. The molecule has 1 heterocycles. The molecule has 0 spiro atoms. The van der Waals surface area contributed by atoms with Gasteiger partial charge >= 0.3 is 0 Å². The highest BCUT2D eigenvalue weighted by atomic mass is 32.2. The zero-order chi connectivity index (χ0) is 13.0. The molecule has 0 aromatic carbocycles. The summed E-state index contributed by atoms with van der Waals surface area (Å²) in [5, 5.41) is 29.2. The Kier molecular flexibility index (Phi) is 5.38. The first-order chi connectivity index (χ1) is 7.95. The van der Waals surface area contributed by atoms with Crippen LogP contribution in [-0.4, -0.2) is 27.0 Å². The minimum absolute atomic E-state index is 0.0423. The fourth-order valence-corrected chi connectivity index (χ4v) is 3.83. The number of nitro groups is 1. The second-order valence-electron chi connectivity index (χ2n) is 3.70. The lowest BCUT2D eigenvalue weighted by Crippen LogP contribution is -1.99. The summed E-state index contributed by atoms with van der Waals surface area (Å²) in [4.78, 5) is 11.0. The zero-order valence-corrected chi connectivity index (χ0v) is 11.3. The van der Waals surface area contributed by atoms with Crippen LogP contribution in [0.1, 0.15) is 31.2 Å². The van der Waals surface area contributed by atoms with Crippen molar-refractivity contribution in [2.75, 3.05) is 6.61 Å². The fraction of sp³-hybridized carbons (Fsp3) is 0.600. The molecule has 96 valence electrons. The molecule has 1 aromatic heterocycles. The van der Waals surface area contributed by atoms with Crippen LogP contribution in [0, 0.1) is 10.1 Å². The number of hydrogen-bond acceptors (Lipinski definition) is 6. The Labute approximate surface area is 108 Å². The second-order valence-corrected chi connectivity index (χ2v) is 6.49. The van der Waals surface area contributed by atoms with Crippen molar-refractivity contribution in [3.8, 4) is 0 Å². The van der Waals surface area contributed by atoms with E-state index in [1.54, 1.807) is 6.92 Å². The van der Waals surface area contributed by atoms with E-state index < -0.39 is 11.0 Å². The molecule has 0 aliphatic carbocycles. The van der Waals surface area contributed by atoms with Gasteiger partial charge in [0.15, 0.2) is 0 Å². The van der Waals surface area contributed by atoms with E-state index in [0.29, 0.717) is 15.5 Å². The van der Waals surface area contributed by atoms with Gasteiger partial charge in [-0.25, -0.2) is 0 Å². The first kappa shape index (κ1) is 14.4. The quantitative estimate of drug-likeness (QED) is 0.474. The number of aliphatic hydroxyl groups is 2. The van der Waals surface area contributed by atoms with Gasteiger partial charge in [0.25, 0.3) is 5.69 Å². The van der Waals surface area contributed by atoms with Crippen LogP contribution in [0.4, 0.5) is 5.69 Å². The van der Waals surface area contributed by atoms with Crippen LogP contribution in [0.3, 0.4) is 0 Å². The Morgan fingerprint density at radius 1 is 1.59 bits per heavy atom. The van der Waals surface area contributed by atoms with E-state index in [2.05, 4.69) is 0 Å². The van der Waals surface area contributed by atoms with Crippen molar-refractivity contribution in [1.82, 2.24) is 0 Å². The van der Waals surface area contributed by atoms with Crippen LogP contribution in [0.5, 0.6) is 0 Å². The third-order valence-electron chi connectivity index (χ3n) is 2.15. The average molecular weight is 277 g/mol. The zero-order valence-electron chi connectivity index (χ0n) is 9.62. The van der Waals surface area contributed by atoms with Crippen LogP contribution in [-0.2, 0) is 0 Å². The number of aliphatic hydroxyl groups excluding tert-OH is 2. The van der Waals surface area contributed by atoms with Crippen molar-refractivity contribution in [2.45, 2.75) is 35.8 Å². The van der Waals surface area contributed by atoms with Gasteiger partial charge in [0.05, 0.1) is 11.0 Å². The Bertz CT molecular complexity index is 392. The molecule has 2 atom stereocenters. The monoisotopic (exact) mass is 277 g/mol. The maximum absolute atomic E-state index is 10.9. The maximum Gasteiger partial charge on any atom is 0.294 e. The van der Waals surface area contributed by atoms with Crippen molar-refractivity contribution in [3.63, 3.8) is 0 Å². The molecule has 0 fully saturated rings. The summed E-state index contributed by atoms with van der Waals surface area (Å²) < 4.78 is 0.590. The van der Waals surface area contributed by atoms with E-state index in [1.807, 2.05) is 6.92 Å². The predicted octanol–water partition coefficient (Wildman–Crippen LogP) is 2.57. The van der Waals surface area contributed by atoms with Gasteiger partial charge in [-0.2, -0.15) is 0 Å². The van der Waals surface area contributed by atoms with Crippen molar-refractivity contribution >= 4 is 28.8 Å². The molecule has 1 rings (SSSR count). The molecule has 2 N–H and O–H groups in total. The minimum Gasteiger partial charge on any atom is -0.396 e. The van der Waals surface area contributed by atoms with Crippen LogP contribution in [0.25, 0.3) is 0 Å². The van der Waals surface area contributed by atoms with Gasteiger partial charge < -0.3 is 10.2 Å². The van der Waals surface area contributed by atoms with Gasteiger partial charge in [-0.05, 0) is 13.3 Å². The van der Waals surface area contributed by atoms with E-state index in [4.69, 9.17) is 5.11 Å². The lowest BCUT2D eigenvalue weighted by molar-refractivity contribution is -0.387. The van der Waals surface area contributed by atoms with E-state index in [-0.39, 0.29) is 17.5 Å². The molecule has 1 aromatic rings. The molecule has 7 heteroatoms. The first-order valence-corrected chi connectivity index (χ1v) is 6.89. The summed E-state index contributed by atoms with van der Waals surface area (Å²) in [5.41, 5.74) is 0.0423. The molecule has 0 aliphatic heterocycles. The lowest BCUT2D eigenvalue weighted by Gasteiger charge is -2.06. The number of thiophene rings is 1. The van der Waals surface area contributed by atoms with E-state index >= 15 is 0 Å². The van der Waals surface area contributed by atoms with Crippen LogP contribution in [0.15, 0.2) is 10.3 Å². The first-order valence-electron chi connectivity index (χ1n) is 5.19. The van der Waals surface area contributed by atoms with Crippen molar-refractivity contribution < 1.29 is 15.1 Å². The van der Waals surface area contributed by atoms with Crippen molar-refractivity contribution in [2.24, 2.45) is 0 Å². The second kappa shape index (κ2) is 6.34. The molecule has 0 amide bonds. The highest BCUT2D eigenvalue weighted by molar-refractivity contribution is 8.01. The van der Waals surface area contributed by atoms with Gasteiger partial charge in [-0.3, -0.25) is 10.1 Å². The number of rotatable bonds is 6. The Morgan fingerprint density at radius 2 is 2.24 bits per heavy atom. The van der Waals surface area contributed by atoms with Crippen LogP contribution in [0.2, 0.25) is 0 Å². The van der Waals surface area contributed by atoms with Crippen molar-refractivity contribution in [1.29, 1.82) is 0 Å². The molecule has 0 aliphatic rings. The fourth-order valence-electron chi connectivity index (χ4n) is 1.22. The summed E-state index contributed by atoms with van der Waals surface area (Å²) in [7, 11) is 0. The third kappa shape index (κ3) is 3.95. The summed E-state index contributed by atoms with van der Waals surface area (Å²) in [6.45, 7) is 3.56. The number of thioether (sulfide) groups is 1. The molecule has 0 bridgehead atoms. The summed E-state index contributed by atoms with van der Waals surface area (Å²) in [6.07, 6.45) is -0.106. The summed E-state index contributed by atoms with van der Waals surface area (Å²) >= 11 is 2.61. The Hall–Kier alpha value is -0.630. The normalized spacial score (nSPS) is 14.6. The predicted molar refractivity (Wildman–Crippen MR) is 68.6 cm³/mol. The standard InChI is InChI=1S/C10H15NO4S2/c1-6(3-4-12)16-10-8(11(14)15)5-9(17-10)7(2)13/h5-7,12-13H,3-4H2,1-2H3. The molecular formula is C10H15NO4S2. The van der Waals surface area contributed by atoms with Gasteiger partial charge in [-0.15, -0.1) is 23.1 Å². The minimum atomic E-state index is -0.693. The number of nitrogens with zero attached hydrogens (tertiary/aromatic N) is 1. The highest BCUT2D eigenvalue weighted by Crippen LogP contribution is 2.41. The smallest absolute Gasteiger partial charge is 0.294 e. The van der Waals surface area contributed by atoms with Crippen molar-refractivity contribution in [3.05, 3.63) is 21.1 Å². The van der Waals surface area contributed by atoms with Gasteiger partial charge in [0, 0.05) is 22.8 Å². The topological polar surface area (TPSA) is 83.6 Å². The molecule has 5 nitrogen and oxygen atoms in total. The van der Waals surface area contributed by atoms with Gasteiger partial charge in [-0.1, -0.05) is 6.92 Å². The molecule has 0 radical (unpaired) electrons. The maximum atomic E-state index is 10.9. The van der Waals surface area contributed by atoms with E-state index in [1.165, 1.54) is 29.2 Å². The molecular weight excluding hydrogens is 262 g/mol. The third-order valence-corrected chi connectivity index (χ3v) is 4.84. The Balaban J connectivity index is 2.92. The molecule has 17 heavy (non-hydrogen) atoms. The largest absolute Gasteiger partial charge is 0.396 e. The van der Waals surface area contributed by atoms with E-state index in [9.17, 15) is 15.2 Å². The van der Waals surface area contributed by atoms with Crippen LogP contribution < -0.4 is 0 Å².